The van der Waals surface area contributed by atoms with E-state index in [0.29, 0.717) is 47.3 Å². The highest BCUT2D eigenvalue weighted by molar-refractivity contribution is 7.90. The molecule has 7 nitrogen and oxygen atoms in total. The lowest BCUT2D eigenvalue weighted by Crippen LogP contribution is -2.38. The van der Waals surface area contributed by atoms with E-state index < -0.39 is 15.9 Å². The van der Waals surface area contributed by atoms with Crippen LogP contribution in [0.4, 0.5) is 0 Å². The molecule has 0 unspecified atom stereocenters. The van der Waals surface area contributed by atoms with Gasteiger partial charge in [0.05, 0.1) is 4.90 Å². The maximum Gasteiger partial charge on any atom is 0.264 e. The van der Waals surface area contributed by atoms with Crippen molar-refractivity contribution >= 4 is 46.1 Å². The summed E-state index contributed by atoms with van der Waals surface area (Å²) < 4.78 is 27.1. The molecule has 0 radical (unpaired) electrons. The zero-order chi connectivity index (χ0) is 25.3. The highest BCUT2D eigenvalue weighted by Gasteiger charge is 2.21. The van der Waals surface area contributed by atoms with Crippen molar-refractivity contribution in [2.24, 2.45) is 5.92 Å². The number of nitrogens with one attached hydrogen (secondary N) is 3. The summed E-state index contributed by atoms with van der Waals surface area (Å²) in [6.07, 6.45) is 1.24. The number of thiol groups is 1. The molecule has 186 valence electrons. The van der Waals surface area contributed by atoms with Gasteiger partial charge in [0.1, 0.15) is 0 Å². The number of carbonyl (C=O) groups excluding carboxylic acids is 2. The Hall–Kier alpha value is -2.07. The Kier molecular flexibility index (Phi) is 10.9. The lowest BCUT2D eigenvalue weighted by molar-refractivity contribution is -0.121. The van der Waals surface area contributed by atoms with Gasteiger partial charge in [-0.1, -0.05) is 55.8 Å². The molecule has 3 N–H and O–H groups in total. The fourth-order valence-electron chi connectivity index (χ4n) is 3.54. The molecule has 2 amide bonds. The summed E-state index contributed by atoms with van der Waals surface area (Å²) >= 11 is 10.8. The van der Waals surface area contributed by atoms with Crippen LogP contribution in [0.1, 0.15) is 39.2 Å². The minimum Gasteiger partial charge on any atom is -0.353 e. The topological polar surface area (TPSA) is 104 Å². The van der Waals surface area contributed by atoms with Crippen LogP contribution in [-0.2, 0) is 26.2 Å². The molecule has 0 aliphatic rings. The predicted octanol–water partition coefficient (Wildman–Crippen LogP) is 3.77. The third-order valence-corrected chi connectivity index (χ3v) is 7.22. The lowest BCUT2D eigenvalue weighted by atomic mass is 10.0. The average molecular weight is 526 g/mol. The van der Waals surface area contributed by atoms with Crippen molar-refractivity contribution in [3.8, 4) is 11.1 Å². The van der Waals surface area contributed by atoms with E-state index in [1.54, 1.807) is 30.3 Å². The first kappa shape index (κ1) is 28.2. The molecule has 2 rings (SSSR count). The fourth-order valence-corrected chi connectivity index (χ4v) is 5.30. The van der Waals surface area contributed by atoms with Gasteiger partial charge < -0.3 is 10.6 Å². The molecule has 0 heterocycles. The van der Waals surface area contributed by atoms with Crippen LogP contribution >= 0.6 is 24.2 Å². The Morgan fingerprint density at radius 3 is 2.41 bits per heavy atom. The van der Waals surface area contributed by atoms with Crippen LogP contribution in [0.3, 0.4) is 0 Å². The molecule has 0 aromatic heterocycles. The molecular weight excluding hydrogens is 494 g/mol. The van der Waals surface area contributed by atoms with Crippen LogP contribution < -0.4 is 15.4 Å². The summed E-state index contributed by atoms with van der Waals surface area (Å²) in [7, 11) is -4.02. The second-order valence-electron chi connectivity index (χ2n) is 8.48. The molecule has 2 aromatic carbocycles. The number of halogens is 1. The van der Waals surface area contributed by atoms with Gasteiger partial charge in [0.2, 0.25) is 11.8 Å². The van der Waals surface area contributed by atoms with E-state index in [4.69, 9.17) is 11.6 Å². The Balaban J connectivity index is 2.01. The van der Waals surface area contributed by atoms with Gasteiger partial charge in [-0.3, -0.25) is 9.59 Å². The number of hydrogen-bond acceptors (Lipinski definition) is 6. The maximum absolute atomic E-state index is 12.6. The molecule has 0 aliphatic carbocycles. The molecule has 2 aromatic rings. The van der Waals surface area contributed by atoms with Gasteiger partial charge in [0, 0.05) is 54.4 Å². The minimum atomic E-state index is -4.02. The molecule has 0 saturated heterocycles. The van der Waals surface area contributed by atoms with Crippen LogP contribution in [0, 0.1) is 5.92 Å². The minimum absolute atomic E-state index is 0.0161. The Bertz CT molecular complexity index is 1110. The van der Waals surface area contributed by atoms with Gasteiger partial charge in [0.25, 0.3) is 10.0 Å². The van der Waals surface area contributed by atoms with Gasteiger partial charge in [-0.15, -0.1) is 0 Å². The van der Waals surface area contributed by atoms with Crippen LogP contribution in [0.15, 0.2) is 47.4 Å². The predicted molar refractivity (Wildman–Crippen MR) is 139 cm³/mol. The average Bonchev–Trinajstić information content (AvgIpc) is 2.75. The summed E-state index contributed by atoms with van der Waals surface area (Å²) in [5.74, 6) is 0.410. The van der Waals surface area contributed by atoms with E-state index in [2.05, 4.69) is 37.1 Å². The van der Waals surface area contributed by atoms with Crippen molar-refractivity contribution in [1.82, 2.24) is 15.4 Å². The Labute approximate surface area is 212 Å². The monoisotopic (exact) mass is 525 g/mol. The highest BCUT2D eigenvalue weighted by Crippen LogP contribution is 2.33. The van der Waals surface area contributed by atoms with Crippen molar-refractivity contribution in [2.75, 3.05) is 12.3 Å². The normalized spacial score (nSPS) is 12.4. The van der Waals surface area contributed by atoms with Crippen molar-refractivity contribution in [3.63, 3.8) is 0 Å². The zero-order valence-corrected chi connectivity index (χ0v) is 22.1. The third kappa shape index (κ3) is 8.61. The first-order valence-corrected chi connectivity index (χ1v) is 13.5. The SMILES string of the molecule is CC(=O)NS(=O)(=O)c1ccccc1-c1ccc(CNCCC(=O)N[C@@H](CS)CC(C)C)cc1Cl. The van der Waals surface area contributed by atoms with E-state index in [1.807, 2.05) is 10.8 Å². The summed E-state index contributed by atoms with van der Waals surface area (Å²) in [5, 5.41) is 6.62. The summed E-state index contributed by atoms with van der Waals surface area (Å²) in [4.78, 5) is 23.5. The van der Waals surface area contributed by atoms with E-state index >= 15 is 0 Å². The fraction of sp³-hybridized carbons (Fsp3) is 0.417. The number of carbonyl (C=O) groups is 2. The standard InChI is InChI=1S/C24H32ClN3O4S2/c1-16(2)12-19(15-33)27-24(30)10-11-26-14-18-8-9-20(22(25)13-18)21-6-4-5-7-23(21)34(31,32)28-17(3)29/h4-9,13,16,19,26,33H,10-12,14-15H2,1-3H3,(H,27,30)(H,28,29)/t19-/m1/s1. The lowest BCUT2D eigenvalue weighted by Gasteiger charge is -2.18. The smallest absolute Gasteiger partial charge is 0.264 e. The molecule has 10 heteroatoms. The maximum atomic E-state index is 12.6. The quantitative estimate of drug-likeness (QED) is 0.249. The molecule has 0 bridgehead atoms. The van der Waals surface area contributed by atoms with E-state index in [1.165, 1.54) is 6.07 Å². The first-order valence-electron chi connectivity index (χ1n) is 11.1. The van der Waals surface area contributed by atoms with Crippen molar-refractivity contribution in [1.29, 1.82) is 0 Å². The van der Waals surface area contributed by atoms with Crippen LogP contribution in [0.2, 0.25) is 5.02 Å². The molecule has 0 spiro atoms. The van der Waals surface area contributed by atoms with Gasteiger partial charge in [-0.2, -0.15) is 12.6 Å². The molecule has 0 fully saturated rings. The Morgan fingerprint density at radius 2 is 1.79 bits per heavy atom. The van der Waals surface area contributed by atoms with Gasteiger partial charge in [-0.25, -0.2) is 13.1 Å². The first-order chi connectivity index (χ1) is 16.0. The second-order valence-corrected chi connectivity index (χ2v) is 10.9. The third-order valence-electron chi connectivity index (χ3n) is 4.98. The number of amides is 2. The van der Waals surface area contributed by atoms with E-state index in [9.17, 15) is 18.0 Å². The molecule has 0 saturated carbocycles. The Morgan fingerprint density at radius 1 is 1.09 bits per heavy atom. The number of rotatable bonds is 12. The molecule has 34 heavy (non-hydrogen) atoms. The van der Waals surface area contributed by atoms with Crippen molar-refractivity contribution in [3.05, 3.63) is 53.1 Å². The largest absolute Gasteiger partial charge is 0.353 e. The number of sulfonamides is 1. The molecular formula is C24H32ClN3O4S2. The van der Waals surface area contributed by atoms with Gasteiger partial charge in [0.15, 0.2) is 0 Å². The van der Waals surface area contributed by atoms with Crippen LogP contribution in [0.5, 0.6) is 0 Å². The summed E-state index contributed by atoms with van der Waals surface area (Å²) in [6, 6.07) is 11.8. The van der Waals surface area contributed by atoms with Gasteiger partial charge in [-0.05, 0) is 30.0 Å². The second kappa shape index (κ2) is 13.1. The highest BCUT2D eigenvalue weighted by atomic mass is 35.5. The number of hydrogen-bond donors (Lipinski definition) is 4. The van der Waals surface area contributed by atoms with E-state index in [0.717, 1.165) is 18.9 Å². The van der Waals surface area contributed by atoms with Crippen LogP contribution in [0.25, 0.3) is 11.1 Å². The van der Waals surface area contributed by atoms with Gasteiger partial charge >= 0.3 is 0 Å². The molecule has 0 aliphatic heterocycles. The van der Waals surface area contributed by atoms with E-state index in [-0.39, 0.29) is 16.8 Å². The van der Waals surface area contributed by atoms with Crippen molar-refractivity contribution in [2.45, 2.75) is 51.1 Å². The van der Waals surface area contributed by atoms with Crippen LogP contribution in [-0.4, -0.2) is 38.6 Å². The number of benzene rings is 2. The summed E-state index contributed by atoms with van der Waals surface area (Å²) in [6.45, 7) is 6.37. The zero-order valence-electron chi connectivity index (χ0n) is 19.6. The van der Waals surface area contributed by atoms with Crippen molar-refractivity contribution < 1.29 is 18.0 Å². The summed E-state index contributed by atoms with van der Waals surface area (Å²) in [5.41, 5.74) is 1.83. The molecule has 1 atom stereocenters.